The summed E-state index contributed by atoms with van der Waals surface area (Å²) in [5.41, 5.74) is 5.40. The van der Waals surface area contributed by atoms with Gasteiger partial charge in [-0.25, -0.2) is 18.7 Å². The number of halogens is 1. The molecule has 0 saturated carbocycles. The number of nitrogens with zero attached hydrogens (tertiary/aromatic N) is 5. The van der Waals surface area contributed by atoms with Gasteiger partial charge in [0.2, 0.25) is 18.1 Å². The molecule has 0 unspecified atom stereocenters. The highest BCUT2D eigenvalue weighted by Gasteiger charge is 2.51. The van der Waals surface area contributed by atoms with E-state index in [0.29, 0.717) is 41.6 Å². The fourth-order valence-electron chi connectivity index (χ4n) is 8.13. The van der Waals surface area contributed by atoms with Gasteiger partial charge < -0.3 is 45.7 Å². The van der Waals surface area contributed by atoms with Crippen molar-refractivity contribution in [2.75, 3.05) is 23.7 Å². The molecule has 1 fully saturated rings. The zero-order chi connectivity index (χ0) is 53.0. The van der Waals surface area contributed by atoms with Gasteiger partial charge in [0.25, 0.3) is 11.8 Å². The molecule has 0 bridgehead atoms. The minimum atomic E-state index is -2.13. The first kappa shape index (κ1) is 52.4. The molecule has 21 nitrogen and oxygen atoms in total. The van der Waals surface area contributed by atoms with Gasteiger partial charge in [-0.3, -0.25) is 38.9 Å². The minimum absolute atomic E-state index is 0.0382. The van der Waals surface area contributed by atoms with Gasteiger partial charge in [-0.15, -0.1) is 0 Å². The van der Waals surface area contributed by atoms with Gasteiger partial charge in [0.15, 0.2) is 25.0 Å². The van der Waals surface area contributed by atoms with E-state index in [-0.39, 0.29) is 68.2 Å². The van der Waals surface area contributed by atoms with Crippen molar-refractivity contribution in [2.45, 2.75) is 76.0 Å². The van der Waals surface area contributed by atoms with Gasteiger partial charge in [0, 0.05) is 97.7 Å². The van der Waals surface area contributed by atoms with Crippen molar-refractivity contribution < 1.29 is 62.6 Å². The van der Waals surface area contributed by atoms with Gasteiger partial charge in [-0.05, 0) is 96.3 Å². The number of nitrogens with one attached hydrogen (secondary N) is 4. The van der Waals surface area contributed by atoms with E-state index in [1.165, 1.54) is 30.4 Å². The summed E-state index contributed by atoms with van der Waals surface area (Å²) >= 11 is 0. The molecule has 75 heavy (non-hydrogen) atoms. The molecule has 0 aliphatic carbocycles. The number of aliphatic hydroxyl groups is 3. The maximum atomic E-state index is 13.7. The van der Waals surface area contributed by atoms with Crippen LogP contribution in [-0.2, 0) is 37.0 Å². The third kappa shape index (κ3) is 13.8. The van der Waals surface area contributed by atoms with Crippen molar-refractivity contribution in [3.8, 4) is 28.7 Å². The lowest BCUT2D eigenvalue weighted by molar-refractivity contribution is -0.688. The van der Waals surface area contributed by atoms with Crippen LogP contribution in [0.4, 0.5) is 20.6 Å². The Morgan fingerprint density at radius 3 is 2.35 bits per heavy atom. The van der Waals surface area contributed by atoms with Crippen LogP contribution in [0, 0.1) is 27.8 Å². The standard InChI is InChI=1S/C53H50FN9O12/c54-38-10-6-33(7-11-38)5-9-37-30-39(58-53(71)57-31-34-18-26-61-27-22-55-43(61)29-34)12-13-40(37)36-19-24-60(25-20-36)32-35-8-14-42(74-52-50(70)48(68)49(69)51(75-52)63(72)73)41(28-35)59-45(65)17-21-56-44(64)4-2-1-3-23-62-46(66)15-16-47(62)67/h6-8,10-16,18-20,22,24-30,48-52,68-70H,1-4,17,21,23,31-32H2,(H3,56,57,59,64,65,71)/p+1/t48-,49-,50+,51-,52+/m0/s1. The third-order valence-electron chi connectivity index (χ3n) is 12.1. The maximum Gasteiger partial charge on any atom is 0.347 e. The topological polar surface area (TPSA) is 280 Å². The Bertz CT molecular complexity index is 3180. The smallest absolute Gasteiger partial charge is 0.347 e. The van der Waals surface area contributed by atoms with Crippen LogP contribution in [0.5, 0.6) is 5.75 Å². The second-order valence-corrected chi connectivity index (χ2v) is 17.5. The number of ether oxygens (including phenoxy) is 2. The molecule has 3 aromatic heterocycles. The Hall–Kier alpha value is -8.88. The molecule has 5 atom stereocenters. The van der Waals surface area contributed by atoms with E-state index in [4.69, 9.17) is 9.47 Å². The lowest BCUT2D eigenvalue weighted by atomic mass is 9.99. The number of benzene rings is 3. The Morgan fingerprint density at radius 1 is 0.813 bits per heavy atom. The molecule has 1 saturated heterocycles. The summed E-state index contributed by atoms with van der Waals surface area (Å²) in [4.78, 5) is 78.4. The molecule has 5 heterocycles. The van der Waals surface area contributed by atoms with Gasteiger partial charge in [0.05, 0.1) is 10.6 Å². The predicted molar refractivity (Wildman–Crippen MR) is 266 cm³/mol. The van der Waals surface area contributed by atoms with Crippen molar-refractivity contribution in [2.24, 2.45) is 0 Å². The van der Waals surface area contributed by atoms with Crippen molar-refractivity contribution in [3.63, 3.8) is 0 Å². The van der Waals surface area contributed by atoms with E-state index in [9.17, 15) is 53.8 Å². The van der Waals surface area contributed by atoms with Crippen molar-refractivity contribution in [3.05, 3.63) is 166 Å². The van der Waals surface area contributed by atoms with E-state index in [2.05, 4.69) is 38.1 Å². The van der Waals surface area contributed by atoms with Crippen LogP contribution in [0.2, 0.25) is 0 Å². The highest BCUT2D eigenvalue weighted by Crippen LogP contribution is 2.32. The second-order valence-electron chi connectivity index (χ2n) is 17.5. The number of fused-ring (bicyclic) bond motifs is 1. The Morgan fingerprint density at radius 2 is 1.59 bits per heavy atom. The van der Waals surface area contributed by atoms with E-state index < -0.39 is 53.5 Å². The number of unbranched alkanes of at least 4 members (excludes halogenated alkanes) is 2. The number of aromatic nitrogens is 3. The zero-order valence-electron chi connectivity index (χ0n) is 40.0. The number of carbonyl (C=O) groups is 5. The zero-order valence-corrected chi connectivity index (χ0v) is 40.0. The average Bonchev–Trinajstić information content (AvgIpc) is 4.00. The third-order valence-corrected chi connectivity index (χ3v) is 12.1. The Kier molecular flexibility index (Phi) is 16.9. The normalized spacial score (nSPS) is 18.0. The van der Waals surface area contributed by atoms with Crippen molar-refractivity contribution in [1.82, 2.24) is 24.9 Å². The van der Waals surface area contributed by atoms with Crippen molar-refractivity contribution in [1.29, 1.82) is 0 Å². The number of amides is 6. The average molecular weight is 1030 g/mol. The van der Waals surface area contributed by atoms with Gasteiger partial charge >= 0.3 is 12.3 Å². The lowest BCUT2D eigenvalue weighted by Crippen LogP contribution is -2.61. The molecule has 7 N–H and O–H groups in total. The number of imide groups is 1. The number of carbonyl (C=O) groups excluding carboxylic acids is 5. The molecular weight excluding hydrogens is 974 g/mol. The van der Waals surface area contributed by atoms with Crippen LogP contribution >= 0.6 is 0 Å². The lowest BCUT2D eigenvalue weighted by Gasteiger charge is -2.36. The van der Waals surface area contributed by atoms with E-state index >= 15 is 0 Å². The van der Waals surface area contributed by atoms with E-state index in [1.54, 1.807) is 42.6 Å². The van der Waals surface area contributed by atoms with Crippen LogP contribution in [0.15, 0.2) is 128 Å². The Labute approximate surface area is 427 Å². The highest BCUT2D eigenvalue weighted by atomic mass is 19.1. The van der Waals surface area contributed by atoms with Crippen LogP contribution in [0.3, 0.4) is 0 Å². The molecule has 6 aromatic rings. The fraction of sp³-hybridized carbons (Fsp3) is 0.264. The van der Waals surface area contributed by atoms with Crippen LogP contribution in [0.1, 0.15) is 54.4 Å². The molecule has 386 valence electrons. The number of pyridine rings is 2. The van der Waals surface area contributed by atoms with Gasteiger partial charge in [-0.2, -0.15) is 0 Å². The van der Waals surface area contributed by atoms with Gasteiger partial charge in [0.1, 0.15) is 29.4 Å². The molecule has 8 rings (SSSR count). The molecule has 0 spiro atoms. The quantitative estimate of drug-likeness (QED) is 0.0153. The molecule has 3 aromatic carbocycles. The summed E-state index contributed by atoms with van der Waals surface area (Å²) < 4.78 is 28.5. The van der Waals surface area contributed by atoms with Crippen molar-refractivity contribution >= 4 is 46.7 Å². The first-order valence-corrected chi connectivity index (χ1v) is 23.8. The summed E-state index contributed by atoms with van der Waals surface area (Å²) in [7, 11) is 0. The minimum Gasteiger partial charge on any atom is -0.460 e. The number of imidazole rings is 1. The number of anilines is 2. The first-order valence-electron chi connectivity index (χ1n) is 23.8. The summed E-state index contributed by atoms with van der Waals surface area (Å²) in [6.07, 6.45) is 3.02. The van der Waals surface area contributed by atoms with Crippen LogP contribution in [0.25, 0.3) is 16.8 Å². The summed E-state index contributed by atoms with van der Waals surface area (Å²) in [5.74, 6) is 4.13. The number of hydrogen-bond donors (Lipinski definition) is 7. The summed E-state index contributed by atoms with van der Waals surface area (Å²) in [6, 6.07) is 22.7. The first-order chi connectivity index (χ1) is 36.2. The molecule has 2 aliphatic rings. The van der Waals surface area contributed by atoms with Crippen LogP contribution in [-0.4, -0.2) is 108 Å². The molecule has 2 aliphatic heterocycles. The maximum absolute atomic E-state index is 13.7. The number of hydrogen-bond acceptors (Lipinski definition) is 13. The second kappa shape index (κ2) is 24.2. The van der Waals surface area contributed by atoms with Gasteiger partial charge in [-0.1, -0.05) is 24.3 Å². The molecule has 6 amide bonds. The van der Waals surface area contributed by atoms with E-state index in [0.717, 1.165) is 27.2 Å². The number of nitro groups is 1. The molecule has 22 heteroatoms. The molecule has 0 radical (unpaired) electrons. The predicted octanol–water partition coefficient (Wildman–Crippen LogP) is 3.55. The largest absolute Gasteiger partial charge is 0.460 e. The highest BCUT2D eigenvalue weighted by molar-refractivity contribution is 6.12. The number of urea groups is 1. The number of rotatable bonds is 19. The monoisotopic (exact) mass is 1020 g/mol. The van der Waals surface area contributed by atoms with Crippen LogP contribution < -0.4 is 30.6 Å². The SMILES string of the molecule is O=C(CCCCCN1C(=O)C=CC1=O)NCCC(=O)Nc1cc(C[n+]2ccc(-c3ccc(NC(=O)NCc4ccn5ccnc5c4)cc3C#Cc3ccc(F)cc3)cc2)ccc1O[C@@H]1O[C@H]([N+](=O)[O-])[C@@H](O)[C@H](O)[C@H]1O. The fourth-order valence-corrected chi connectivity index (χ4v) is 8.13. The molecular formula is C53H51FN9O12+. The number of aliphatic hydroxyl groups excluding tert-OH is 3. The Balaban J connectivity index is 0.942. The summed E-state index contributed by atoms with van der Waals surface area (Å²) in [6.45, 7) is 0.706. The van der Waals surface area contributed by atoms with E-state index in [1.807, 2.05) is 64.1 Å². The summed E-state index contributed by atoms with van der Waals surface area (Å²) in [5, 5.41) is 54.0.